The molecule has 0 radical (unpaired) electrons. The number of nitrogens with one attached hydrogen (secondary N) is 1. The van der Waals surface area contributed by atoms with E-state index in [0.29, 0.717) is 0 Å². The fraction of sp³-hybridized carbons (Fsp3) is 0.111. The van der Waals surface area contributed by atoms with Gasteiger partial charge in [-0.25, -0.2) is 0 Å². The van der Waals surface area contributed by atoms with Gasteiger partial charge in [0.2, 0.25) is 0 Å². The molecule has 1 aromatic carbocycles. The van der Waals surface area contributed by atoms with Gasteiger partial charge in [-0.15, -0.1) is 0 Å². The Morgan fingerprint density at radius 2 is 1.94 bits per heavy atom. The second-order valence-corrected chi connectivity index (χ2v) is 2.82. The number of benzene rings is 1. The number of aromatic carboxylic acids is 1. The minimum absolute atomic E-state index is 0. The minimum Gasteiger partial charge on any atom is -0.545 e. The number of carbonyl (C=O) groups is 2. The van der Waals surface area contributed by atoms with Crippen LogP contribution in [0.15, 0.2) is 18.2 Å². The third-order valence-corrected chi connectivity index (χ3v) is 1.91. The molecule has 0 unspecified atom stereocenters. The minimum atomic E-state index is -1.76. The molecular formula is C9H7N2NaO5. The van der Waals surface area contributed by atoms with E-state index in [9.17, 15) is 24.8 Å². The fourth-order valence-electron chi connectivity index (χ4n) is 1.23. The summed E-state index contributed by atoms with van der Waals surface area (Å²) in [5.74, 6) is -2.48. The third-order valence-electron chi connectivity index (χ3n) is 1.91. The van der Waals surface area contributed by atoms with E-state index in [0.717, 1.165) is 6.07 Å². The number of carboxylic acids is 1. The predicted octanol–water partition coefficient (Wildman–Crippen LogP) is -3.68. The quantitative estimate of drug-likeness (QED) is 0.335. The van der Waals surface area contributed by atoms with E-state index in [1.54, 1.807) is 0 Å². The summed E-state index contributed by atoms with van der Waals surface area (Å²) < 4.78 is 0. The van der Waals surface area contributed by atoms with Gasteiger partial charge >= 0.3 is 29.6 Å². The normalized spacial score (nSPS) is 9.00. The van der Waals surface area contributed by atoms with Crippen LogP contribution in [0, 0.1) is 10.1 Å². The van der Waals surface area contributed by atoms with Crippen molar-refractivity contribution in [2.45, 2.75) is 0 Å². The molecular weight excluding hydrogens is 239 g/mol. The van der Waals surface area contributed by atoms with Crippen molar-refractivity contribution < 1.29 is 49.2 Å². The molecule has 0 aliphatic carbocycles. The van der Waals surface area contributed by atoms with Gasteiger partial charge in [0.1, 0.15) is 0 Å². The van der Waals surface area contributed by atoms with E-state index in [-0.39, 0.29) is 35.1 Å². The van der Waals surface area contributed by atoms with Crippen LogP contribution in [-0.4, -0.2) is 23.8 Å². The molecule has 1 rings (SSSR count). The topological polar surface area (TPSA) is 112 Å². The summed E-state index contributed by atoms with van der Waals surface area (Å²) >= 11 is 0. The monoisotopic (exact) mass is 246 g/mol. The third kappa shape index (κ3) is 3.26. The van der Waals surface area contributed by atoms with Gasteiger partial charge in [-0.3, -0.25) is 14.9 Å². The number of hydrogen-bond donors (Lipinski definition) is 1. The van der Waals surface area contributed by atoms with Crippen LogP contribution in [0.2, 0.25) is 0 Å². The molecule has 0 aliphatic heterocycles. The Bertz CT molecular complexity index is 474. The summed E-state index contributed by atoms with van der Waals surface area (Å²) in [6.07, 6.45) is 0. The molecule has 0 bridgehead atoms. The predicted molar refractivity (Wildman–Crippen MR) is 50.8 cm³/mol. The Labute approximate surface area is 118 Å². The van der Waals surface area contributed by atoms with Gasteiger partial charge in [0, 0.05) is 13.1 Å². The van der Waals surface area contributed by atoms with E-state index in [2.05, 4.69) is 5.32 Å². The Morgan fingerprint density at radius 3 is 2.35 bits per heavy atom. The first-order valence-electron chi connectivity index (χ1n) is 4.20. The zero-order valence-corrected chi connectivity index (χ0v) is 11.2. The van der Waals surface area contributed by atoms with Crippen LogP contribution in [0.1, 0.15) is 20.7 Å². The first-order chi connectivity index (χ1) is 7.49. The van der Waals surface area contributed by atoms with Crippen LogP contribution in [-0.2, 0) is 0 Å². The Morgan fingerprint density at radius 1 is 1.35 bits per heavy atom. The number of amides is 1. The molecule has 7 nitrogen and oxygen atoms in total. The number of carboxylic acid groups (broad SMARTS) is 1. The molecule has 1 amide bonds. The summed E-state index contributed by atoms with van der Waals surface area (Å²) in [6.45, 7) is 0. The first-order valence-corrected chi connectivity index (χ1v) is 4.20. The van der Waals surface area contributed by atoms with E-state index < -0.39 is 28.1 Å². The standard InChI is InChI=1S/C9H8N2O5.Na/c1-10-8(12)5-3-2-4-6(11(15)16)7(5)9(13)14;/h2-4H,1H3,(H,10,12)(H,13,14);/q;+1/p-1. The van der Waals surface area contributed by atoms with Crippen molar-refractivity contribution in [3.63, 3.8) is 0 Å². The Kier molecular flexibility index (Phi) is 5.80. The van der Waals surface area contributed by atoms with E-state index in [4.69, 9.17) is 0 Å². The smallest absolute Gasteiger partial charge is 0.545 e. The zero-order chi connectivity index (χ0) is 12.3. The van der Waals surface area contributed by atoms with Crippen molar-refractivity contribution in [3.05, 3.63) is 39.4 Å². The van der Waals surface area contributed by atoms with Crippen LogP contribution in [0.4, 0.5) is 5.69 Å². The molecule has 8 heteroatoms. The van der Waals surface area contributed by atoms with Crippen LogP contribution < -0.4 is 40.0 Å². The Balaban J connectivity index is 0.00000256. The maximum Gasteiger partial charge on any atom is 1.00 e. The summed E-state index contributed by atoms with van der Waals surface area (Å²) in [6, 6.07) is 3.41. The molecule has 17 heavy (non-hydrogen) atoms. The number of nitro benzene ring substituents is 1. The molecule has 1 aromatic rings. The fourth-order valence-corrected chi connectivity index (χ4v) is 1.23. The van der Waals surface area contributed by atoms with Crippen LogP contribution in [0.5, 0.6) is 0 Å². The Hall–Kier alpha value is -1.44. The van der Waals surface area contributed by atoms with E-state index in [1.165, 1.54) is 19.2 Å². The van der Waals surface area contributed by atoms with Crippen molar-refractivity contribution in [1.29, 1.82) is 0 Å². The van der Waals surface area contributed by atoms with Gasteiger partial charge in [0.15, 0.2) is 0 Å². The van der Waals surface area contributed by atoms with Crippen LogP contribution in [0.25, 0.3) is 0 Å². The number of carbonyl (C=O) groups excluding carboxylic acids is 2. The molecule has 0 saturated carbocycles. The van der Waals surface area contributed by atoms with Gasteiger partial charge in [-0.05, 0) is 6.07 Å². The maximum absolute atomic E-state index is 11.3. The average molecular weight is 246 g/mol. The molecule has 0 heterocycles. The van der Waals surface area contributed by atoms with Gasteiger partial charge in [-0.2, -0.15) is 0 Å². The molecule has 0 saturated heterocycles. The number of rotatable bonds is 3. The van der Waals surface area contributed by atoms with Crippen molar-refractivity contribution >= 4 is 17.6 Å². The van der Waals surface area contributed by atoms with Crippen LogP contribution >= 0.6 is 0 Å². The molecule has 0 fully saturated rings. The molecule has 0 aromatic heterocycles. The number of nitrogens with zero attached hydrogens (tertiary/aromatic N) is 1. The summed E-state index contributed by atoms with van der Waals surface area (Å²) in [4.78, 5) is 31.8. The molecule has 1 N–H and O–H groups in total. The molecule has 0 atom stereocenters. The van der Waals surface area contributed by atoms with E-state index >= 15 is 0 Å². The second-order valence-electron chi connectivity index (χ2n) is 2.82. The molecule has 0 spiro atoms. The van der Waals surface area contributed by atoms with Crippen molar-refractivity contribution in [2.24, 2.45) is 0 Å². The van der Waals surface area contributed by atoms with Gasteiger partial charge in [0.25, 0.3) is 11.6 Å². The van der Waals surface area contributed by atoms with Crippen molar-refractivity contribution in [3.8, 4) is 0 Å². The summed E-state index contributed by atoms with van der Waals surface area (Å²) in [7, 11) is 1.29. The first kappa shape index (κ1) is 15.6. The van der Waals surface area contributed by atoms with E-state index in [1.807, 2.05) is 0 Å². The second kappa shape index (κ2) is 6.33. The largest absolute Gasteiger partial charge is 1.00 e. The number of hydrogen-bond acceptors (Lipinski definition) is 5. The number of nitro groups is 1. The molecule has 0 aliphatic rings. The van der Waals surface area contributed by atoms with Gasteiger partial charge < -0.3 is 15.2 Å². The van der Waals surface area contributed by atoms with Crippen molar-refractivity contribution in [1.82, 2.24) is 5.32 Å². The van der Waals surface area contributed by atoms with Crippen LogP contribution in [0.3, 0.4) is 0 Å². The summed E-state index contributed by atoms with van der Waals surface area (Å²) in [5.41, 5.74) is -1.68. The van der Waals surface area contributed by atoms with Crippen molar-refractivity contribution in [2.75, 3.05) is 7.05 Å². The van der Waals surface area contributed by atoms with Gasteiger partial charge in [-0.1, -0.05) is 6.07 Å². The summed E-state index contributed by atoms with van der Waals surface area (Å²) in [5, 5.41) is 23.5. The average Bonchev–Trinajstić information content (AvgIpc) is 2.26. The van der Waals surface area contributed by atoms with Gasteiger partial charge in [0.05, 0.1) is 22.0 Å². The molecule has 84 valence electrons. The zero-order valence-electron chi connectivity index (χ0n) is 9.22. The maximum atomic E-state index is 11.3. The SMILES string of the molecule is CNC(=O)c1cccc([N+](=O)[O-])c1C(=O)[O-].[Na+].